The van der Waals surface area contributed by atoms with Crippen molar-refractivity contribution < 1.29 is 13.6 Å². The largest absolute Gasteiger partial charge is 0.352 e. The van der Waals surface area contributed by atoms with Crippen LogP contribution in [0.3, 0.4) is 0 Å². The van der Waals surface area contributed by atoms with Gasteiger partial charge in [-0.25, -0.2) is 8.51 Å². The van der Waals surface area contributed by atoms with Crippen LogP contribution in [0.1, 0.15) is 27.2 Å². The zero-order chi connectivity index (χ0) is 24.8. The fourth-order valence-electron chi connectivity index (χ4n) is 3.46. The quantitative estimate of drug-likeness (QED) is 0.240. The highest BCUT2D eigenvalue weighted by Gasteiger charge is 2.27. The van der Waals surface area contributed by atoms with Crippen LogP contribution in [0.4, 0.5) is 11.5 Å². The minimum atomic E-state index is -2.50. The Morgan fingerprint density at radius 3 is 2.51 bits per heavy atom. The Morgan fingerprint density at radius 2 is 1.80 bits per heavy atom. The number of rotatable bonds is 9. The summed E-state index contributed by atoms with van der Waals surface area (Å²) in [5, 5.41) is 3.54. The van der Waals surface area contributed by atoms with Gasteiger partial charge < -0.3 is 5.32 Å². The summed E-state index contributed by atoms with van der Waals surface area (Å²) in [4.78, 5) is 13.1. The summed E-state index contributed by atoms with van der Waals surface area (Å²) in [7, 11) is 0. The zero-order valence-corrected chi connectivity index (χ0v) is 22.2. The Bertz CT molecular complexity index is 1340. The van der Waals surface area contributed by atoms with Crippen molar-refractivity contribution in [1.82, 2.24) is 14.1 Å². The van der Waals surface area contributed by atoms with Crippen molar-refractivity contribution in [2.45, 2.75) is 12.8 Å². The molecule has 11 heteroatoms. The first-order valence-corrected chi connectivity index (χ1v) is 13.5. The molecule has 1 aromatic heterocycles. The molecule has 2 N–H and O–H groups in total. The summed E-state index contributed by atoms with van der Waals surface area (Å²) in [6, 6.07) is 22.0. The van der Waals surface area contributed by atoms with Gasteiger partial charge in [0.2, 0.25) is 0 Å². The summed E-state index contributed by atoms with van der Waals surface area (Å²) in [5.74, 6) is -0.141. The van der Waals surface area contributed by atoms with Crippen molar-refractivity contribution in [1.29, 1.82) is 0 Å². The molecule has 35 heavy (non-hydrogen) atoms. The number of hydrogen-bond donors (Lipinski definition) is 2. The second kappa shape index (κ2) is 11.9. The van der Waals surface area contributed by atoms with E-state index in [1.165, 1.54) is 0 Å². The third-order valence-electron chi connectivity index (χ3n) is 5.14. The minimum absolute atomic E-state index is 0.230. The maximum Gasteiger partial charge on any atom is 0.268 e. The van der Waals surface area contributed by atoms with E-state index in [4.69, 9.17) is 11.6 Å². The zero-order valence-electron chi connectivity index (χ0n) is 18.2. The lowest BCUT2D eigenvalue weighted by molar-refractivity contribution is 0.0955. The lowest BCUT2D eigenvalue weighted by atomic mass is 10.1. The average Bonchev–Trinajstić information content (AvgIpc) is 3.28. The number of anilines is 2. The van der Waals surface area contributed by atoms with Gasteiger partial charge in [-0.2, -0.15) is 8.75 Å². The summed E-state index contributed by atoms with van der Waals surface area (Å²) in [5.41, 5.74) is 3.04. The van der Waals surface area contributed by atoms with Gasteiger partial charge in [0.05, 0.1) is 23.0 Å². The third kappa shape index (κ3) is 6.53. The van der Waals surface area contributed by atoms with Gasteiger partial charge in [0, 0.05) is 22.5 Å². The number of hydrogen-bond acceptors (Lipinski definition) is 5. The summed E-state index contributed by atoms with van der Waals surface area (Å²) in [6.07, 6.45) is 1.04. The number of carbonyl (C=O) groups excluding carboxylic acids is 1. The number of benzene rings is 3. The van der Waals surface area contributed by atoms with E-state index in [1.807, 2.05) is 42.5 Å². The molecule has 0 aliphatic heterocycles. The van der Waals surface area contributed by atoms with Crippen molar-refractivity contribution in [3.63, 3.8) is 0 Å². The first-order valence-electron chi connectivity index (χ1n) is 10.5. The minimum Gasteiger partial charge on any atom is -0.352 e. The van der Waals surface area contributed by atoms with Crippen LogP contribution < -0.4 is 9.62 Å². The molecule has 0 aliphatic rings. The van der Waals surface area contributed by atoms with Crippen LogP contribution in [0, 0.1) is 0 Å². The Hall–Kier alpha value is -2.63. The fraction of sp³-hybridized carbons (Fsp3) is 0.125. The number of carbonyl (C=O) groups is 1. The SMILES string of the molecule is O=C(NCCc1ccc(Cl)cc1)c1ccc(Br)cc1N(c1nsnc1Cc1ccccc1)S(=O)O. The highest BCUT2D eigenvalue weighted by Crippen LogP contribution is 2.34. The van der Waals surface area contributed by atoms with Crippen LogP contribution in [0.2, 0.25) is 5.02 Å². The van der Waals surface area contributed by atoms with E-state index < -0.39 is 11.3 Å². The van der Waals surface area contributed by atoms with E-state index in [9.17, 15) is 13.6 Å². The lowest BCUT2D eigenvalue weighted by Crippen LogP contribution is -2.29. The van der Waals surface area contributed by atoms with Crippen LogP contribution >= 0.6 is 39.3 Å². The smallest absolute Gasteiger partial charge is 0.268 e. The Morgan fingerprint density at radius 1 is 1.06 bits per heavy atom. The monoisotopic (exact) mass is 590 g/mol. The van der Waals surface area contributed by atoms with Gasteiger partial charge in [0.1, 0.15) is 5.69 Å². The van der Waals surface area contributed by atoms with Gasteiger partial charge >= 0.3 is 0 Å². The van der Waals surface area contributed by atoms with Crippen molar-refractivity contribution >= 4 is 67.9 Å². The molecule has 7 nitrogen and oxygen atoms in total. The van der Waals surface area contributed by atoms with Gasteiger partial charge in [0.25, 0.3) is 17.2 Å². The van der Waals surface area contributed by atoms with E-state index in [0.717, 1.165) is 27.2 Å². The summed E-state index contributed by atoms with van der Waals surface area (Å²) in [6.45, 7) is 0.385. The Balaban J connectivity index is 1.60. The number of nitrogens with zero attached hydrogens (tertiary/aromatic N) is 3. The molecule has 0 aliphatic carbocycles. The molecule has 180 valence electrons. The van der Waals surface area contributed by atoms with Crippen molar-refractivity contribution in [3.8, 4) is 0 Å². The molecular formula is C24H20BrClN4O3S2. The maximum absolute atomic E-state index is 13.1. The predicted octanol–water partition coefficient (Wildman–Crippen LogP) is 5.79. The predicted molar refractivity (Wildman–Crippen MR) is 144 cm³/mol. The fourth-order valence-corrected chi connectivity index (χ4v) is 5.15. The molecule has 0 fully saturated rings. The van der Waals surface area contributed by atoms with Crippen LogP contribution in [0.25, 0.3) is 0 Å². The molecular weight excluding hydrogens is 572 g/mol. The highest BCUT2D eigenvalue weighted by molar-refractivity contribution is 9.10. The normalized spacial score (nSPS) is 11.7. The number of aromatic nitrogens is 2. The number of amides is 1. The van der Waals surface area contributed by atoms with Gasteiger partial charge in [-0.3, -0.25) is 9.35 Å². The number of nitrogens with one attached hydrogen (secondary N) is 1. The molecule has 1 heterocycles. The third-order valence-corrected chi connectivity index (χ3v) is 7.12. The molecule has 1 atom stereocenters. The Labute approximate surface area is 223 Å². The molecule has 0 bridgehead atoms. The maximum atomic E-state index is 13.1. The summed E-state index contributed by atoms with van der Waals surface area (Å²) < 4.78 is 33.2. The van der Waals surface area contributed by atoms with Gasteiger partial charge in [-0.05, 0) is 47.9 Å². The second-order valence-corrected chi connectivity index (χ2v) is 10.2. The summed E-state index contributed by atoms with van der Waals surface area (Å²) >= 11 is 7.78. The molecule has 4 rings (SSSR count). The molecule has 1 unspecified atom stereocenters. The average molecular weight is 592 g/mol. The molecule has 1 amide bonds. The lowest BCUT2D eigenvalue weighted by Gasteiger charge is -2.21. The number of halogens is 2. The van der Waals surface area contributed by atoms with Gasteiger partial charge in [-0.1, -0.05) is 70.0 Å². The van der Waals surface area contributed by atoms with Crippen LogP contribution in [0.15, 0.2) is 77.3 Å². The van der Waals surface area contributed by atoms with Crippen LogP contribution in [-0.4, -0.2) is 30.0 Å². The van der Waals surface area contributed by atoms with Crippen molar-refractivity contribution in [2.75, 3.05) is 10.8 Å². The first kappa shape index (κ1) is 25.5. The standard InChI is InChI=1S/C24H20BrClN4O3S2/c25-18-8-11-20(24(31)27-13-12-16-6-9-19(26)10-7-16)22(15-18)30(35(32)33)23-21(28-34-29-23)14-17-4-2-1-3-5-17/h1-11,15H,12-14H2,(H,27,31)(H,32,33). The van der Waals surface area contributed by atoms with Gasteiger partial charge in [-0.15, -0.1) is 0 Å². The topological polar surface area (TPSA) is 95.4 Å². The van der Waals surface area contributed by atoms with Crippen molar-refractivity contribution in [2.24, 2.45) is 0 Å². The van der Waals surface area contributed by atoms with Crippen LogP contribution in [0.5, 0.6) is 0 Å². The molecule has 0 radical (unpaired) electrons. The molecule has 4 aromatic rings. The second-order valence-electron chi connectivity index (χ2n) is 7.52. The molecule has 3 aromatic carbocycles. The molecule has 0 spiro atoms. The Kier molecular flexibility index (Phi) is 8.64. The van der Waals surface area contributed by atoms with E-state index in [0.29, 0.717) is 34.6 Å². The van der Waals surface area contributed by atoms with Crippen LogP contribution in [-0.2, 0) is 24.1 Å². The van der Waals surface area contributed by atoms with Gasteiger partial charge in [0.15, 0.2) is 5.82 Å². The molecule has 0 saturated heterocycles. The van der Waals surface area contributed by atoms with E-state index in [1.54, 1.807) is 30.3 Å². The highest BCUT2D eigenvalue weighted by atomic mass is 79.9. The molecule has 0 saturated carbocycles. The van der Waals surface area contributed by atoms with E-state index in [-0.39, 0.29) is 23.0 Å². The first-order chi connectivity index (χ1) is 16.9. The van der Waals surface area contributed by atoms with Crippen molar-refractivity contribution in [3.05, 3.63) is 105 Å². The van der Waals surface area contributed by atoms with E-state index >= 15 is 0 Å². The van der Waals surface area contributed by atoms with E-state index in [2.05, 4.69) is 30.0 Å².